The zero-order valence-electron chi connectivity index (χ0n) is 10.8. The van der Waals surface area contributed by atoms with Gasteiger partial charge in [-0.05, 0) is 29.8 Å². The highest BCUT2D eigenvalue weighted by Gasteiger charge is 2.41. The molecule has 3 N–H and O–H groups in total. The summed E-state index contributed by atoms with van der Waals surface area (Å²) in [6.07, 6.45) is -7.14. The van der Waals surface area contributed by atoms with Crippen molar-refractivity contribution in [1.29, 1.82) is 0 Å². The van der Waals surface area contributed by atoms with Gasteiger partial charge in [-0.3, -0.25) is 0 Å². The minimum absolute atomic E-state index is 0.245. The summed E-state index contributed by atoms with van der Waals surface area (Å²) in [7, 11) is 0. The Labute approximate surface area is 119 Å². The van der Waals surface area contributed by atoms with Crippen molar-refractivity contribution in [2.75, 3.05) is 6.61 Å². The second-order valence-electron chi connectivity index (χ2n) is 4.47. The number of rotatable bonds is 4. The Kier molecular flexibility index (Phi) is 4.97. The highest BCUT2D eigenvalue weighted by Crippen LogP contribution is 2.25. The molecule has 9 heteroatoms. The fraction of sp³-hybridized carbons (Fsp3) is 0.500. The van der Waals surface area contributed by atoms with Gasteiger partial charge < -0.3 is 29.9 Å². The van der Waals surface area contributed by atoms with Crippen molar-refractivity contribution < 1.29 is 29.9 Å². The van der Waals surface area contributed by atoms with Crippen LogP contribution in [0.25, 0.3) is 10.4 Å². The molecule has 0 aromatic heterocycles. The van der Waals surface area contributed by atoms with Gasteiger partial charge >= 0.3 is 0 Å². The molecule has 0 unspecified atom stereocenters. The quantitative estimate of drug-likeness (QED) is 0.375. The van der Waals surface area contributed by atoms with E-state index in [0.717, 1.165) is 0 Å². The SMILES string of the molecule is [N-]=[N+]=Nc1ccc(O[C@@H]2[C@@H](O)[C@@H](O)[C@@H](CO)O[C@H]2[O-])cc1. The van der Waals surface area contributed by atoms with Crippen LogP contribution in [-0.2, 0) is 4.74 Å². The van der Waals surface area contributed by atoms with Crippen LogP contribution in [0.5, 0.6) is 5.75 Å². The minimum atomic E-state index is -1.75. The highest BCUT2D eigenvalue weighted by atomic mass is 16.7. The molecule has 1 aliphatic rings. The molecule has 1 saturated heterocycles. The molecule has 0 aliphatic carbocycles. The van der Waals surface area contributed by atoms with Crippen LogP contribution >= 0.6 is 0 Å². The summed E-state index contributed by atoms with van der Waals surface area (Å²) in [5.41, 5.74) is 8.65. The first-order valence-electron chi connectivity index (χ1n) is 6.17. The van der Waals surface area contributed by atoms with Gasteiger partial charge in [-0.15, -0.1) is 0 Å². The summed E-state index contributed by atoms with van der Waals surface area (Å²) in [4.78, 5) is 2.62. The smallest absolute Gasteiger partial charge is 0.138 e. The van der Waals surface area contributed by atoms with Gasteiger partial charge in [-0.25, -0.2) is 0 Å². The number of benzene rings is 1. The van der Waals surface area contributed by atoms with Crippen LogP contribution in [0.15, 0.2) is 29.4 Å². The van der Waals surface area contributed by atoms with Crippen molar-refractivity contribution in [2.24, 2.45) is 5.11 Å². The summed E-state index contributed by atoms with van der Waals surface area (Å²) in [5, 5.41) is 43.7. The Morgan fingerprint density at radius 2 is 1.95 bits per heavy atom. The van der Waals surface area contributed by atoms with Crippen LogP contribution in [0, 0.1) is 0 Å². The summed E-state index contributed by atoms with van der Waals surface area (Å²) >= 11 is 0. The number of aliphatic hydroxyl groups excluding tert-OH is 3. The molecule has 1 aliphatic heterocycles. The molecule has 1 heterocycles. The van der Waals surface area contributed by atoms with Crippen molar-refractivity contribution in [3.05, 3.63) is 34.7 Å². The molecule has 1 aromatic carbocycles. The van der Waals surface area contributed by atoms with E-state index in [4.69, 9.17) is 20.1 Å². The molecule has 0 amide bonds. The molecule has 5 atom stereocenters. The molecule has 1 aromatic rings. The van der Waals surface area contributed by atoms with Gasteiger partial charge in [-0.2, -0.15) is 0 Å². The van der Waals surface area contributed by atoms with E-state index >= 15 is 0 Å². The first-order valence-corrected chi connectivity index (χ1v) is 6.17. The molecule has 0 saturated carbocycles. The van der Waals surface area contributed by atoms with E-state index < -0.39 is 37.3 Å². The van der Waals surface area contributed by atoms with E-state index in [1.165, 1.54) is 24.3 Å². The third-order valence-corrected chi connectivity index (χ3v) is 3.09. The molecular weight excluding hydrogens is 282 g/mol. The van der Waals surface area contributed by atoms with Crippen LogP contribution in [0.4, 0.5) is 5.69 Å². The van der Waals surface area contributed by atoms with Crippen molar-refractivity contribution in [1.82, 2.24) is 0 Å². The molecular formula is C12H14N3O6-. The van der Waals surface area contributed by atoms with Gasteiger partial charge in [0.05, 0.1) is 6.61 Å². The van der Waals surface area contributed by atoms with Gasteiger partial charge in [0.2, 0.25) is 0 Å². The molecule has 0 bridgehead atoms. The second kappa shape index (κ2) is 6.72. The third-order valence-electron chi connectivity index (χ3n) is 3.09. The Bertz CT molecular complexity index is 518. The number of nitrogens with zero attached hydrogens (tertiary/aromatic N) is 3. The highest BCUT2D eigenvalue weighted by molar-refractivity contribution is 5.41. The monoisotopic (exact) mass is 296 g/mol. The number of aliphatic hydroxyl groups is 3. The molecule has 2 rings (SSSR count). The van der Waals surface area contributed by atoms with Crippen LogP contribution < -0.4 is 9.84 Å². The molecule has 0 radical (unpaired) electrons. The topological polar surface area (TPSA) is 151 Å². The maximum absolute atomic E-state index is 11.8. The molecule has 9 nitrogen and oxygen atoms in total. The van der Waals surface area contributed by atoms with Crippen LogP contribution in [0.3, 0.4) is 0 Å². The predicted octanol–water partition coefficient (Wildman–Crippen LogP) is -0.825. The van der Waals surface area contributed by atoms with Crippen molar-refractivity contribution >= 4 is 5.69 Å². The third kappa shape index (κ3) is 3.42. The summed E-state index contributed by atoms with van der Waals surface area (Å²) in [5.74, 6) is 0.245. The zero-order chi connectivity index (χ0) is 15.4. The first kappa shape index (κ1) is 15.5. The van der Waals surface area contributed by atoms with Crippen LogP contribution in [-0.4, -0.2) is 52.6 Å². The average Bonchev–Trinajstić information content (AvgIpc) is 2.49. The molecule has 0 spiro atoms. The molecule has 21 heavy (non-hydrogen) atoms. The lowest BCUT2D eigenvalue weighted by Gasteiger charge is -2.45. The zero-order valence-corrected chi connectivity index (χ0v) is 10.8. The Morgan fingerprint density at radius 3 is 2.52 bits per heavy atom. The number of hydrogen-bond donors (Lipinski definition) is 3. The second-order valence-corrected chi connectivity index (χ2v) is 4.47. The summed E-state index contributed by atoms with van der Waals surface area (Å²) < 4.78 is 10.2. The maximum atomic E-state index is 11.8. The number of azide groups is 1. The lowest BCUT2D eigenvalue weighted by Crippen LogP contribution is -2.64. The fourth-order valence-corrected chi connectivity index (χ4v) is 1.98. The largest absolute Gasteiger partial charge is 0.828 e. The Hall–Kier alpha value is -1.87. The fourth-order valence-electron chi connectivity index (χ4n) is 1.98. The average molecular weight is 296 g/mol. The minimum Gasteiger partial charge on any atom is -0.828 e. The van der Waals surface area contributed by atoms with Gasteiger partial charge in [0.1, 0.15) is 30.2 Å². The normalized spacial score (nSPS) is 32.3. The first-order chi connectivity index (χ1) is 10.1. The maximum Gasteiger partial charge on any atom is 0.138 e. The van der Waals surface area contributed by atoms with E-state index in [-0.39, 0.29) is 5.75 Å². The summed E-state index contributed by atoms with van der Waals surface area (Å²) in [6, 6.07) is 5.84. The van der Waals surface area contributed by atoms with Crippen LogP contribution in [0.1, 0.15) is 0 Å². The molecule has 114 valence electrons. The number of ether oxygens (including phenoxy) is 2. The van der Waals surface area contributed by atoms with Gasteiger partial charge in [0.25, 0.3) is 0 Å². The molecule has 1 fully saturated rings. The predicted molar refractivity (Wildman–Crippen MR) is 67.4 cm³/mol. The van der Waals surface area contributed by atoms with Gasteiger partial charge in [0.15, 0.2) is 0 Å². The lowest BCUT2D eigenvalue weighted by molar-refractivity contribution is -0.530. The van der Waals surface area contributed by atoms with E-state index in [9.17, 15) is 15.3 Å². The van der Waals surface area contributed by atoms with Gasteiger partial charge in [-0.1, -0.05) is 5.11 Å². The van der Waals surface area contributed by atoms with E-state index in [2.05, 4.69) is 10.0 Å². The van der Waals surface area contributed by atoms with E-state index in [0.29, 0.717) is 5.69 Å². The number of hydrogen-bond acceptors (Lipinski definition) is 7. The Balaban J connectivity index is 2.09. The van der Waals surface area contributed by atoms with Gasteiger partial charge in [0, 0.05) is 16.9 Å². The van der Waals surface area contributed by atoms with Crippen molar-refractivity contribution in [3.8, 4) is 5.75 Å². The van der Waals surface area contributed by atoms with Crippen molar-refractivity contribution in [3.63, 3.8) is 0 Å². The van der Waals surface area contributed by atoms with Crippen LogP contribution in [0.2, 0.25) is 0 Å². The van der Waals surface area contributed by atoms with E-state index in [1.54, 1.807) is 0 Å². The summed E-state index contributed by atoms with van der Waals surface area (Å²) in [6.45, 7) is -0.579. The van der Waals surface area contributed by atoms with Crippen molar-refractivity contribution in [2.45, 2.75) is 30.7 Å². The lowest BCUT2D eigenvalue weighted by atomic mass is 9.99. The Morgan fingerprint density at radius 1 is 1.29 bits per heavy atom. The standard InChI is InChI=1S/C12H14N3O6/c13-15-14-6-1-3-7(4-2-6)20-11-10(18)9(17)8(5-16)21-12(11)19/h1-4,8-12,16-18H,5H2/q-1/t8-,9+,10+,11-,12-/m1/s1. The van der Waals surface area contributed by atoms with E-state index in [1.807, 2.05) is 0 Å².